The van der Waals surface area contributed by atoms with Gasteiger partial charge in [-0.05, 0) is 46.5 Å². The number of hydrogen-bond acceptors (Lipinski definition) is 9. The zero-order valence-corrected chi connectivity index (χ0v) is 22.9. The lowest BCUT2D eigenvalue weighted by Crippen LogP contribution is -1.98. The summed E-state index contributed by atoms with van der Waals surface area (Å²) in [5.74, 6) is 1.33. The Labute approximate surface area is 241 Å². The van der Waals surface area contributed by atoms with Gasteiger partial charge in [0.15, 0.2) is 0 Å². The summed E-state index contributed by atoms with van der Waals surface area (Å²) in [5.41, 5.74) is 10.8. The number of aromatic nitrogens is 3. The quantitative estimate of drug-likeness (QED) is 0.175. The van der Waals surface area contributed by atoms with Gasteiger partial charge in [0.2, 0.25) is 0 Å². The summed E-state index contributed by atoms with van der Waals surface area (Å²) in [6, 6.07) is 24.3. The normalized spacial score (nSPS) is 10.4. The number of nitrogens with two attached hydrogens (primary N) is 1. The molecule has 2 N–H and O–H groups in total. The maximum absolute atomic E-state index is 11.0. The van der Waals surface area contributed by atoms with Crippen molar-refractivity contribution in [2.45, 2.75) is 13.1 Å². The molecule has 0 unspecified atom stereocenters. The number of nitrogens with zero attached hydrogens (tertiary/aromatic N) is 5. The maximum atomic E-state index is 11.0. The molecular formula is C30H28N6O6. The molecule has 1 aromatic heterocycles. The second-order valence-electron chi connectivity index (χ2n) is 9.02. The Kier molecular flexibility index (Phi) is 9.53. The van der Waals surface area contributed by atoms with Gasteiger partial charge in [0, 0.05) is 41.9 Å². The topological polar surface area (TPSA) is 161 Å². The molecule has 0 aliphatic carbocycles. The van der Waals surface area contributed by atoms with E-state index in [4.69, 9.17) is 15.2 Å². The van der Waals surface area contributed by atoms with Gasteiger partial charge in [0.1, 0.15) is 24.2 Å². The molecule has 12 heteroatoms. The van der Waals surface area contributed by atoms with Crippen LogP contribution in [0.25, 0.3) is 22.3 Å². The molecule has 0 saturated heterocycles. The van der Waals surface area contributed by atoms with Crippen LogP contribution in [0.4, 0.5) is 11.4 Å². The number of non-ortho nitro benzene ring substituents is 2. The van der Waals surface area contributed by atoms with Gasteiger partial charge in [-0.3, -0.25) is 20.2 Å². The number of ether oxygens (including phenoxy) is 2. The summed E-state index contributed by atoms with van der Waals surface area (Å²) in [6.45, 7) is 1.02. The van der Waals surface area contributed by atoms with E-state index in [1.165, 1.54) is 18.2 Å². The van der Waals surface area contributed by atoms with E-state index >= 15 is 0 Å². The molecule has 1 heterocycles. The van der Waals surface area contributed by atoms with Crippen LogP contribution in [0.3, 0.4) is 0 Å². The monoisotopic (exact) mass is 568 g/mol. The predicted molar refractivity (Wildman–Crippen MR) is 157 cm³/mol. The summed E-state index contributed by atoms with van der Waals surface area (Å²) >= 11 is 0. The second-order valence-corrected chi connectivity index (χ2v) is 9.02. The van der Waals surface area contributed by atoms with Gasteiger partial charge in [0.25, 0.3) is 11.4 Å². The largest absolute Gasteiger partial charge is 0.496 e. The average molecular weight is 569 g/mol. The summed E-state index contributed by atoms with van der Waals surface area (Å²) in [4.78, 5) is 21.0. The third-order valence-corrected chi connectivity index (χ3v) is 6.33. The first kappa shape index (κ1) is 29.4. The molecule has 5 aromatic rings. The van der Waals surface area contributed by atoms with Crippen molar-refractivity contribution in [3.05, 3.63) is 129 Å². The maximum Gasteiger partial charge on any atom is 0.270 e. The molecule has 0 aliphatic heterocycles. The van der Waals surface area contributed by atoms with Crippen LogP contribution in [-0.2, 0) is 13.1 Å². The molecule has 5 rings (SSSR count). The molecule has 42 heavy (non-hydrogen) atoms. The molecule has 0 amide bonds. The van der Waals surface area contributed by atoms with E-state index in [0.717, 1.165) is 33.4 Å². The minimum absolute atomic E-state index is 0.0498. The van der Waals surface area contributed by atoms with Gasteiger partial charge in [-0.15, -0.1) is 10.2 Å². The van der Waals surface area contributed by atoms with Crippen LogP contribution >= 0.6 is 0 Å². The highest BCUT2D eigenvalue weighted by Crippen LogP contribution is 2.34. The van der Waals surface area contributed by atoms with Crippen molar-refractivity contribution < 1.29 is 19.3 Å². The molecule has 4 aromatic carbocycles. The minimum atomic E-state index is -0.414. The zero-order valence-electron chi connectivity index (χ0n) is 22.9. The molecule has 214 valence electrons. The van der Waals surface area contributed by atoms with Crippen molar-refractivity contribution in [2.24, 2.45) is 5.73 Å². The summed E-state index contributed by atoms with van der Waals surface area (Å²) in [6.07, 6.45) is 3.27. The van der Waals surface area contributed by atoms with Crippen molar-refractivity contribution in [2.75, 3.05) is 14.2 Å². The summed E-state index contributed by atoms with van der Waals surface area (Å²) in [5, 5.41) is 29.3. The minimum Gasteiger partial charge on any atom is -0.496 e. The van der Waals surface area contributed by atoms with E-state index in [1.807, 2.05) is 53.1 Å². The van der Waals surface area contributed by atoms with Crippen LogP contribution in [0.5, 0.6) is 11.5 Å². The van der Waals surface area contributed by atoms with Crippen LogP contribution in [0.15, 0.2) is 97.6 Å². The second kappa shape index (κ2) is 13.6. The van der Waals surface area contributed by atoms with E-state index < -0.39 is 9.85 Å². The molecule has 0 atom stereocenters. The molecule has 0 radical (unpaired) electrons. The van der Waals surface area contributed by atoms with E-state index in [-0.39, 0.29) is 11.4 Å². The molecule has 0 bridgehead atoms. The Morgan fingerprint density at radius 3 is 1.64 bits per heavy atom. The lowest BCUT2D eigenvalue weighted by atomic mass is 10.0. The van der Waals surface area contributed by atoms with E-state index in [9.17, 15) is 20.2 Å². The fourth-order valence-corrected chi connectivity index (χ4v) is 4.28. The fraction of sp³-hybridized carbons (Fsp3) is 0.133. The number of nitro benzene ring substituents is 2. The predicted octanol–water partition coefficient (Wildman–Crippen LogP) is 5.64. The standard InChI is InChI=1S/C16H14N4O3.C14H14N2O3/c1-23-16-6-5-12(9-19-10-17-18-11-19)7-15(16)13-3-2-4-14(8-13)20(21)22;1-19-14-6-5-10(9-15)7-13(14)11-3-2-4-12(8-11)16(17)18/h2-8,10-11H,9H2,1H3;2-8H,9,15H2,1H3. The van der Waals surface area contributed by atoms with Gasteiger partial charge in [-0.25, -0.2) is 0 Å². The van der Waals surface area contributed by atoms with Gasteiger partial charge < -0.3 is 19.8 Å². The van der Waals surface area contributed by atoms with Crippen LogP contribution < -0.4 is 15.2 Å². The number of rotatable bonds is 9. The average Bonchev–Trinajstić information content (AvgIpc) is 3.54. The smallest absolute Gasteiger partial charge is 0.270 e. The lowest BCUT2D eigenvalue weighted by Gasteiger charge is -2.11. The van der Waals surface area contributed by atoms with Gasteiger partial charge in [-0.1, -0.05) is 36.4 Å². The fourth-order valence-electron chi connectivity index (χ4n) is 4.28. The summed E-state index contributed by atoms with van der Waals surface area (Å²) in [7, 11) is 3.15. The highest BCUT2D eigenvalue weighted by Gasteiger charge is 2.13. The Bertz CT molecular complexity index is 1690. The number of benzene rings is 4. The van der Waals surface area contributed by atoms with Gasteiger partial charge in [-0.2, -0.15) is 0 Å². The van der Waals surface area contributed by atoms with Crippen LogP contribution in [0.1, 0.15) is 11.1 Å². The third kappa shape index (κ3) is 7.11. The highest BCUT2D eigenvalue weighted by atomic mass is 16.6. The van der Waals surface area contributed by atoms with Gasteiger partial charge in [0.05, 0.1) is 30.6 Å². The SMILES string of the molecule is COc1ccc(CN)cc1-c1cccc([N+](=O)[O-])c1.COc1ccc(Cn2cnnc2)cc1-c1cccc([N+](=O)[O-])c1. The molecule has 0 spiro atoms. The number of hydrogen-bond donors (Lipinski definition) is 1. The Hall–Kier alpha value is -5.62. The molecule has 12 nitrogen and oxygen atoms in total. The Morgan fingerprint density at radius 2 is 1.19 bits per heavy atom. The first-order chi connectivity index (χ1) is 20.3. The summed E-state index contributed by atoms with van der Waals surface area (Å²) < 4.78 is 12.5. The zero-order chi connectivity index (χ0) is 30.1. The molecular weight excluding hydrogens is 540 g/mol. The van der Waals surface area contributed by atoms with Crippen molar-refractivity contribution in [1.82, 2.24) is 14.8 Å². The van der Waals surface area contributed by atoms with Crippen molar-refractivity contribution in [1.29, 1.82) is 0 Å². The first-order valence-electron chi connectivity index (χ1n) is 12.7. The third-order valence-electron chi connectivity index (χ3n) is 6.33. The van der Waals surface area contributed by atoms with Crippen LogP contribution in [0.2, 0.25) is 0 Å². The molecule has 0 saturated carbocycles. The first-order valence-corrected chi connectivity index (χ1v) is 12.7. The van der Waals surface area contributed by atoms with Crippen molar-refractivity contribution in [3.63, 3.8) is 0 Å². The van der Waals surface area contributed by atoms with Crippen LogP contribution in [-0.4, -0.2) is 38.8 Å². The highest BCUT2D eigenvalue weighted by molar-refractivity contribution is 5.74. The Balaban J connectivity index is 0.000000197. The lowest BCUT2D eigenvalue weighted by molar-refractivity contribution is -0.385. The van der Waals surface area contributed by atoms with E-state index in [0.29, 0.717) is 24.6 Å². The van der Waals surface area contributed by atoms with Crippen LogP contribution in [0, 0.1) is 20.2 Å². The Morgan fingerprint density at radius 1 is 0.714 bits per heavy atom. The van der Waals surface area contributed by atoms with Crippen molar-refractivity contribution >= 4 is 11.4 Å². The molecule has 0 aliphatic rings. The van der Waals surface area contributed by atoms with E-state index in [2.05, 4.69) is 10.2 Å². The number of nitro groups is 2. The molecule has 0 fully saturated rings. The van der Waals surface area contributed by atoms with E-state index in [1.54, 1.807) is 45.1 Å². The van der Waals surface area contributed by atoms with Crippen molar-refractivity contribution in [3.8, 4) is 33.8 Å². The number of methoxy groups -OCH3 is 2. The van der Waals surface area contributed by atoms with Gasteiger partial charge >= 0.3 is 0 Å².